The number of nitrogens with zero attached hydrogens (tertiary/aromatic N) is 5. The Morgan fingerprint density at radius 1 is 1.14 bits per heavy atom. The highest BCUT2D eigenvalue weighted by molar-refractivity contribution is 5.79. The molecule has 0 N–H and O–H groups in total. The van der Waals surface area contributed by atoms with Crippen molar-refractivity contribution in [1.82, 2.24) is 24.5 Å². The van der Waals surface area contributed by atoms with Crippen LogP contribution in [-0.2, 0) is 25.8 Å². The van der Waals surface area contributed by atoms with Gasteiger partial charge in [0.05, 0.1) is 12.2 Å². The molecule has 0 unspecified atom stereocenters. The summed E-state index contributed by atoms with van der Waals surface area (Å²) in [5.74, 6) is 3.63. The Morgan fingerprint density at radius 3 is 2.66 bits per heavy atom. The maximum atomic E-state index is 13.4. The molecule has 0 bridgehead atoms. The molecule has 7 nitrogen and oxygen atoms in total. The Morgan fingerprint density at radius 2 is 1.91 bits per heavy atom. The summed E-state index contributed by atoms with van der Waals surface area (Å²) >= 11 is 0. The van der Waals surface area contributed by atoms with Gasteiger partial charge in [0.1, 0.15) is 11.6 Å². The van der Waals surface area contributed by atoms with Crippen LogP contribution in [0.15, 0.2) is 57.8 Å². The summed E-state index contributed by atoms with van der Waals surface area (Å²) < 4.78 is 20.6. The van der Waals surface area contributed by atoms with Crippen molar-refractivity contribution in [1.29, 1.82) is 0 Å². The second-order valence-electron chi connectivity index (χ2n) is 12.2. The first kappa shape index (κ1) is 31.6. The molecule has 0 aliphatic carbocycles. The highest BCUT2D eigenvalue weighted by Gasteiger charge is 2.26. The molecule has 4 aromatic rings. The average Bonchev–Trinajstić information content (AvgIpc) is 3.45. The van der Waals surface area contributed by atoms with E-state index in [9.17, 15) is 9.18 Å². The molecule has 2 aromatic heterocycles. The normalized spacial score (nSPS) is 16.3. The van der Waals surface area contributed by atoms with Crippen LogP contribution < -0.4 is 5.56 Å². The number of hydrogen-bond donors (Lipinski definition) is 0. The maximum absolute atomic E-state index is 13.4. The molecular formula is C36H44FN5O2. The van der Waals surface area contributed by atoms with E-state index < -0.39 is 0 Å². The van der Waals surface area contributed by atoms with Gasteiger partial charge in [-0.2, -0.15) is 0 Å². The number of terminal acetylenes is 1. The third kappa shape index (κ3) is 7.64. The highest BCUT2D eigenvalue weighted by Crippen LogP contribution is 2.32. The number of halogens is 1. The van der Waals surface area contributed by atoms with Crippen LogP contribution in [0.3, 0.4) is 0 Å². The van der Waals surface area contributed by atoms with Crippen molar-refractivity contribution in [3.63, 3.8) is 0 Å². The minimum atomic E-state index is -0.303. The van der Waals surface area contributed by atoms with Gasteiger partial charge in [0.2, 0.25) is 0 Å². The van der Waals surface area contributed by atoms with E-state index in [2.05, 4.69) is 59.1 Å². The Hall–Kier alpha value is -3.80. The standard InChI is InChI=1S/C23H27FN4O2.C13H17N/c1-15-18(23(29)28-10-3-2-4-21(28)25-15)9-13-27-11-7-16(8-12-27)22-19-6-5-17(24)14-20(19)30-26-22;1-4-10-14(3)12(2)11-13-8-6-5-7-9-13/h5-6,14,16H,2-4,7-13H2,1H3;1,5-9,12H,10-11H2,2-3H3/t;12-/m.1/s1. The van der Waals surface area contributed by atoms with E-state index in [0.717, 1.165) is 99.3 Å². The molecule has 2 aliphatic heterocycles. The van der Waals surface area contributed by atoms with Gasteiger partial charge >= 0.3 is 0 Å². The molecule has 232 valence electrons. The van der Waals surface area contributed by atoms with Gasteiger partial charge in [-0.1, -0.05) is 41.4 Å². The van der Waals surface area contributed by atoms with Crippen molar-refractivity contribution in [2.75, 3.05) is 33.2 Å². The third-order valence-electron chi connectivity index (χ3n) is 9.16. The lowest BCUT2D eigenvalue weighted by molar-refractivity contribution is 0.211. The third-order valence-corrected chi connectivity index (χ3v) is 9.16. The Labute approximate surface area is 260 Å². The number of aryl methyl sites for hydroxylation is 2. The first-order valence-corrected chi connectivity index (χ1v) is 15.9. The van der Waals surface area contributed by atoms with E-state index in [0.29, 0.717) is 24.1 Å². The number of rotatable bonds is 8. The fourth-order valence-corrected chi connectivity index (χ4v) is 6.35. The summed E-state index contributed by atoms with van der Waals surface area (Å²) in [5, 5.41) is 5.15. The molecule has 0 spiro atoms. The first-order chi connectivity index (χ1) is 21.3. The zero-order valence-corrected chi connectivity index (χ0v) is 26.3. The van der Waals surface area contributed by atoms with Crippen molar-refractivity contribution in [3.8, 4) is 12.3 Å². The lowest BCUT2D eigenvalue weighted by Crippen LogP contribution is -2.37. The van der Waals surface area contributed by atoms with E-state index >= 15 is 0 Å². The number of piperidine rings is 1. The van der Waals surface area contributed by atoms with Crippen molar-refractivity contribution in [3.05, 3.63) is 93.0 Å². The molecule has 8 heteroatoms. The summed E-state index contributed by atoms with van der Waals surface area (Å²) in [6.45, 7) is 8.47. The van der Waals surface area contributed by atoms with Crippen molar-refractivity contribution in [2.45, 2.75) is 77.3 Å². The number of hydrogen-bond acceptors (Lipinski definition) is 6. The Kier molecular flexibility index (Phi) is 10.6. The molecule has 2 aromatic carbocycles. The monoisotopic (exact) mass is 597 g/mol. The van der Waals surface area contributed by atoms with Crippen molar-refractivity contribution in [2.24, 2.45) is 0 Å². The smallest absolute Gasteiger partial charge is 0.256 e. The fraction of sp³-hybridized carbons (Fsp3) is 0.472. The lowest BCUT2D eigenvalue weighted by atomic mass is 9.91. The van der Waals surface area contributed by atoms with Crippen molar-refractivity contribution < 1.29 is 8.91 Å². The van der Waals surface area contributed by atoms with Crippen LogP contribution in [0.5, 0.6) is 0 Å². The number of fused-ring (bicyclic) bond motifs is 2. The zero-order chi connectivity index (χ0) is 31.1. The average molecular weight is 598 g/mol. The van der Waals surface area contributed by atoms with Gasteiger partial charge in [-0.05, 0) is 90.2 Å². The number of aromatic nitrogens is 3. The van der Waals surface area contributed by atoms with Gasteiger partial charge in [-0.15, -0.1) is 6.42 Å². The fourth-order valence-electron chi connectivity index (χ4n) is 6.35. The first-order valence-electron chi connectivity index (χ1n) is 15.9. The van der Waals surface area contributed by atoms with Gasteiger partial charge in [0.25, 0.3) is 5.56 Å². The predicted octanol–water partition coefficient (Wildman–Crippen LogP) is 5.77. The molecule has 1 atom stereocenters. The summed E-state index contributed by atoms with van der Waals surface area (Å²) in [6.07, 6.45) is 12.1. The predicted molar refractivity (Wildman–Crippen MR) is 173 cm³/mol. The lowest BCUT2D eigenvalue weighted by Gasteiger charge is -2.31. The second kappa shape index (κ2) is 14.8. The quantitative estimate of drug-likeness (QED) is 0.240. The minimum Gasteiger partial charge on any atom is -0.356 e. The molecule has 1 saturated heterocycles. The second-order valence-corrected chi connectivity index (χ2v) is 12.2. The number of likely N-dealkylation sites (N-methyl/N-ethyl adjacent to an activating group) is 1. The Balaban J connectivity index is 0.000000232. The SMILES string of the molecule is C#CCN(C)[C@H](C)Cc1ccccc1.Cc1nc2n(c(=O)c1CCN1CCC(c3noc4cc(F)ccc34)CC1)CCCC2. The van der Waals surface area contributed by atoms with Crippen LogP contribution in [0.25, 0.3) is 11.0 Å². The molecule has 0 saturated carbocycles. The van der Waals surface area contributed by atoms with E-state index in [1.165, 1.54) is 17.7 Å². The zero-order valence-electron chi connectivity index (χ0n) is 26.3. The summed E-state index contributed by atoms with van der Waals surface area (Å²) in [7, 11) is 2.06. The molecule has 0 radical (unpaired) electrons. The molecule has 4 heterocycles. The van der Waals surface area contributed by atoms with Crippen molar-refractivity contribution >= 4 is 11.0 Å². The van der Waals surface area contributed by atoms with Crippen LogP contribution in [0.1, 0.15) is 66.9 Å². The number of benzene rings is 2. The van der Waals surface area contributed by atoms with E-state index in [1.54, 1.807) is 6.07 Å². The van der Waals surface area contributed by atoms with Crippen LogP contribution >= 0.6 is 0 Å². The van der Waals surface area contributed by atoms with Crippen LogP contribution in [0.2, 0.25) is 0 Å². The molecule has 6 rings (SSSR count). The van der Waals surface area contributed by atoms with Gasteiger partial charge < -0.3 is 9.42 Å². The van der Waals surface area contributed by atoms with Crippen LogP contribution in [-0.4, -0.2) is 63.8 Å². The number of likely N-dealkylation sites (tertiary alicyclic amines) is 1. The van der Waals surface area contributed by atoms with Crippen LogP contribution in [0, 0.1) is 25.1 Å². The maximum Gasteiger partial charge on any atom is 0.256 e. The molecule has 1 fully saturated rings. The van der Waals surface area contributed by atoms with E-state index in [4.69, 9.17) is 15.9 Å². The molecular weight excluding hydrogens is 553 g/mol. The highest BCUT2D eigenvalue weighted by atomic mass is 19.1. The van der Waals surface area contributed by atoms with Gasteiger partial charge in [-0.25, -0.2) is 9.37 Å². The van der Waals surface area contributed by atoms with Gasteiger partial charge in [-0.3, -0.25) is 14.3 Å². The summed E-state index contributed by atoms with van der Waals surface area (Å²) in [4.78, 5) is 22.2. The molecule has 2 aliphatic rings. The van der Waals surface area contributed by atoms with Gasteiger partial charge in [0.15, 0.2) is 5.58 Å². The van der Waals surface area contributed by atoms with Gasteiger partial charge in [0, 0.05) is 54.2 Å². The molecule has 0 amide bonds. The Bertz CT molecular complexity index is 1630. The summed E-state index contributed by atoms with van der Waals surface area (Å²) in [5.41, 5.74) is 4.75. The largest absolute Gasteiger partial charge is 0.356 e. The molecule has 44 heavy (non-hydrogen) atoms. The van der Waals surface area contributed by atoms with E-state index in [-0.39, 0.29) is 11.4 Å². The van der Waals surface area contributed by atoms with Crippen LogP contribution in [0.4, 0.5) is 4.39 Å². The van der Waals surface area contributed by atoms with E-state index in [1.807, 2.05) is 17.6 Å². The minimum absolute atomic E-state index is 0.161. The topological polar surface area (TPSA) is 67.4 Å². The summed E-state index contributed by atoms with van der Waals surface area (Å²) in [6, 6.07) is 15.6.